The number of hydrogen-bond acceptors (Lipinski definition) is 3. The first-order valence-corrected chi connectivity index (χ1v) is 5.45. The van der Waals surface area contributed by atoms with E-state index < -0.39 is 0 Å². The van der Waals surface area contributed by atoms with Crippen molar-refractivity contribution in [2.24, 2.45) is 0 Å². The number of nitrogens with one attached hydrogen (secondary N) is 1. The van der Waals surface area contributed by atoms with Crippen molar-refractivity contribution in [3.05, 3.63) is 30.2 Å². The van der Waals surface area contributed by atoms with Gasteiger partial charge in [0.2, 0.25) is 0 Å². The third kappa shape index (κ3) is 2.55. The van der Waals surface area contributed by atoms with Crippen LogP contribution in [0.15, 0.2) is 29.0 Å². The van der Waals surface area contributed by atoms with Gasteiger partial charge in [0.1, 0.15) is 5.52 Å². The number of carbonyl (C=O) groups is 1. The maximum atomic E-state index is 11.3. The van der Waals surface area contributed by atoms with Gasteiger partial charge in [-0.2, -0.15) is 0 Å². The predicted molar refractivity (Wildman–Crippen MR) is 64.8 cm³/mol. The van der Waals surface area contributed by atoms with Crippen LogP contribution in [0.25, 0.3) is 11.1 Å². The maximum absolute atomic E-state index is 11.3. The zero-order chi connectivity index (χ0) is 12.3. The smallest absolute Gasteiger partial charge is 0.316 e. The first-order chi connectivity index (χ1) is 8.20. The molecule has 5 nitrogen and oxygen atoms in total. The molecule has 0 aliphatic rings. The number of aromatic nitrogens is 1. The monoisotopic (exact) mass is 233 g/mol. The Balaban J connectivity index is 2.01. The van der Waals surface area contributed by atoms with Crippen LogP contribution in [0.2, 0.25) is 0 Å². The molecule has 5 heteroatoms. The van der Waals surface area contributed by atoms with E-state index in [4.69, 9.17) is 4.42 Å². The van der Waals surface area contributed by atoms with Crippen LogP contribution in [0.5, 0.6) is 0 Å². The summed E-state index contributed by atoms with van der Waals surface area (Å²) in [7, 11) is 3.39. The number of benzene rings is 1. The van der Waals surface area contributed by atoms with Crippen LogP contribution in [0.4, 0.5) is 4.79 Å². The Kier molecular flexibility index (Phi) is 3.27. The van der Waals surface area contributed by atoms with E-state index in [0.29, 0.717) is 6.54 Å². The van der Waals surface area contributed by atoms with E-state index in [0.717, 1.165) is 23.1 Å². The van der Waals surface area contributed by atoms with Gasteiger partial charge in [-0.15, -0.1) is 0 Å². The second kappa shape index (κ2) is 4.86. The summed E-state index contributed by atoms with van der Waals surface area (Å²) in [6.07, 6.45) is 2.23. The van der Waals surface area contributed by atoms with Crippen LogP contribution in [-0.4, -0.2) is 36.6 Å². The minimum Gasteiger partial charge on any atom is -0.443 e. The lowest BCUT2D eigenvalue weighted by molar-refractivity contribution is 0.211. The average molecular weight is 233 g/mol. The zero-order valence-corrected chi connectivity index (χ0v) is 9.93. The molecule has 0 atom stereocenters. The Labute approximate surface area is 99.4 Å². The highest BCUT2D eigenvalue weighted by Gasteiger charge is 2.06. The lowest BCUT2D eigenvalue weighted by Crippen LogP contribution is -2.36. The molecule has 0 aliphatic heterocycles. The molecule has 0 aliphatic carbocycles. The molecule has 1 aromatic carbocycles. The molecule has 1 aromatic heterocycles. The molecule has 0 fully saturated rings. The first-order valence-electron chi connectivity index (χ1n) is 5.45. The minimum atomic E-state index is -0.0780. The third-order valence-corrected chi connectivity index (χ3v) is 2.69. The molecule has 0 radical (unpaired) electrons. The second-order valence-electron chi connectivity index (χ2n) is 3.88. The number of nitrogens with zero attached hydrogens (tertiary/aromatic N) is 2. The van der Waals surface area contributed by atoms with Gasteiger partial charge >= 0.3 is 6.03 Å². The maximum Gasteiger partial charge on any atom is 0.316 e. The van der Waals surface area contributed by atoms with Gasteiger partial charge in [0, 0.05) is 20.6 Å². The molecule has 17 heavy (non-hydrogen) atoms. The average Bonchev–Trinajstić information content (AvgIpc) is 2.82. The van der Waals surface area contributed by atoms with E-state index in [1.165, 1.54) is 6.39 Å². The van der Waals surface area contributed by atoms with Crippen molar-refractivity contribution in [3.8, 4) is 0 Å². The Bertz CT molecular complexity index is 521. The fraction of sp³-hybridized carbons (Fsp3) is 0.333. The summed E-state index contributed by atoms with van der Waals surface area (Å²) < 4.78 is 5.23. The first kappa shape index (κ1) is 11.4. The van der Waals surface area contributed by atoms with Crippen LogP contribution >= 0.6 is 0 Å². The van der Waals surface area contributed by atoms with Crippen LogP contribution in [0, 0.1) is 0 Å². The summed E-state index contributed by atoms with van der Waals surface area (Å²) in [4.78, 5) is 17.0. The second-order valence-corrected chi connectivity index (χ2v) is 3.88. The Morgan fingerprint density at radius 3 is 3.12 bits per heavy atom. The lowest BCUT2D eigenvalue weighted by atomic mass is 10.1. The quantitative estimate of drug-likeness (QED) is 0.876. The van der Waals surface area contributed by atoms with Gasteiger partial charge in [0.25, 0.3) is 0 Å². The number of rotatable bonds is 3. The summed E-state index contributed by atoms with van der Waals surface area (Å²) >= 11 is 0. The van der Waals surface area contributed by atoms with Gasteiger partial charge in [0.15, 0.2) is 12.0 Å². The zero-order valence-electron chi connectivity index (χ0n) is 9.93. The van der Waals surface area contributed by atoms with Gasteiger partial charge in [-0.3, -0.25) is 0 Å². The molecule has 2 amide bonds. The number of amides is 2. The Hall–Kier alpha value is -2.04. The minimum absolute atomic E-state index is 0.0780. The van der Waals surface area contributed by atoms with Crippen molar-refractivity contribution in [2.75, 3.05) is 20.6 Å². The number of fused-ring (bicyclic) bond motifs is 1. The van der Waals surface area contributed by atoms with E-state index in [2.05, 4.69) is 10.3 Å². The largest absolute Gasteiger partial charge is 0.443 e. The molecule has 90 valence electrons. The third-order valence-electron chi connectivity index (χ3n) is 2.69. The van der Waals surface area contributed by atoms with Crippen molar-refractivity contribution < 1.29 is 9.21 Å². The number of hydrogen-bond donors (Lipinski definition) is 1. The van der Waals surface area contributed by atoms with Gasteiger partial charge in [0.05, 0.1) is 0 Å². The fourth-order valence-corrected chi connectivity index (χ4v) is 1.64. The summed E-state index contributed by atoms with van der Waals surface area (Å²) in [5, 5.41) is 2.58. The lowest BCUT2D eigenvalue weighted by Gasteiger charge is -2.16. The standard InChI is InChI=1S/C12H15N3O2/c1-13-12(16)15(2)6-5-9-3-4-10-11(7-9)17-8-14-10/h3-4,7-8H,5-6H2,1-2H3,(H,13,16). The van der Waals surface area contributed by atoms with Gasteiger partial charge in [-0.05, 0) is 24.1 Å². The van der Waals surface area contributed by atoms with Crippen molar-refractivity contribution in [3.63, 3.8) is 0 Å². The van der Waals surface area contributed by atoms with E-state index in [-0.39, 0.29) is 6.03 Å². The number of carbonyl (C=O) groups excluding carboxylic acids is 1. The van der Waals surface area contributed by atoms with E-state index in [1.807, 2.05) is 18.2 Å². The Morgan fingerprint density at radius 2 is 2.35 bits per heavy atom. The normalized spacial score (nSPS) is 10.5. The van der Waals surface area contributed by atoms with E-state index in [1.54, 1.807) is 19.0 Å². The van der Waals surface area contributed by atoms with Crippen LogP contribution in [0.3, 0.4) is 0 Å². The summed E-state index contributed by atoms with van der Waals surface area (Å²) in [5.74, 6) is 0. The Morgan fingerprint density at radius 1 is 1.53 bits per heavy atom. The number of likely N-dealkylation sites (N-methyl/N-ethyl adjacent to an activating group) is 1. The van der Waals surface area contributed by atoms with Gasteiger partial charge in [-0.1, -0.05) is 6.07 Å². The van der Waals surface area contributed by atoms with Gasteiger partial charge < -0.3 is 14.6 Å². The molecule has 2 aromatic rings. The van der Waals surface area contributed by atoms with E-state index >= 15 is 0 Å². The fourth-order valence-electron chi connectivity index (χ4n) is 1.64. The SMILES string of the molecule is CNC(=O)N(C)CCc1ccc2ncoc2c1. The highest BCUT2D eigenvalue weighted by atomic mass is 16.3. The molecule has 1 heterocycles. The molecular weight excluding hydrogens is 218 g/mol. The summed E-state index contributed by atoms with van der Waals surface area (Å²) in [6, 6.07) is 5.81. The molecule has 0 spiro atoms. The van der Waals surface area contributed by atoms with Crippen LogP contribution < -0.4 is 5.32 Å². The summed E-state index contributed by atoms with van der Waals surface area (Å²) in [5.41, 5.74) is 2.77. The van der Waals surface area contributed by atoms with Crippen LogP contribution in [0.1, 0.15) is 5.56 Å². The highest BCUT2D eigenvalue weighted by molar-refractivity contribution is 5.74. The number of oxazole rings is 1. The summed E-state index contributed by atoms with van der Waals surface area (Å²) in [6.45, 7) is 0.666. The van der Waals surface area contributed by atoms with Crippen LogP contribution in [-0.2, 0) is 6.42 Å². The molecule has 0 unspecified atom stereocenters. The van der Waals surface area contributed by atoms with Crippen molar-refractivity contribution in [1.82, 2.24) is 15.2 Å². The van der Waals surface area contributed by atoms with Crippen molar-refractivity contribution >= 4 is 17.1 Å². The van der Waals surface area contributed by atoms with Crippen molar-refractivity contribution in [2.45, 2.75) is 6.42 Å². The predicted octanol–water partition coefficient (Wildman–Crippen LogP) is 1.64. The topological polar surface area (TPSA) is 58.4 Å². The molecule has 1 N–H and O–H groups in total. The highest BCUT2D eigenvalue weighted by Crippen LogP contribution is 2.14. The molecule has 0 saturated carbocycles. The van der Waals surface area contributed by atoms with Gasteiger partial charge in [-0.25, -0.2) is 9.78 Å². The molecular formula is C12H15N3O2. The van der Waals surface area contributed by atoms with Crippen molar-refractivity contribution in [1.29, 1.82) is 0 Å². The molecule has 0 saturated heterocycles. The molecule has 0 bridgehead atoms. The number of urea groups is 1. The molecule has 2 rings (SSSR count). The van der Waals surface area contributed by atoms with E-state index in [9.17, 15) is 4.79 Å².